The van der Waals surface area contributed by atoms with Crippen molar-refractivity contribution in [2.24, 2.45) is 0 Å². The van der Waals surface area contributed by atoms with Crippen LogP contribution in [0.3, 0.4) is 0 Å². The molecule has 0 aliphatic carbocycles. The second-order valence-corrected chi connectivity index (χ2v) is 2.07. The molecule has 0 heterocycles. The van der Waals surface area contributed by atoms with E-state index < -0.39 is 0 Å². The van der Waals surface area contributed by atoms with Crippen molar-refractivity contribution in [1.29, 1.82) is 0 Å². The Hall–Kier alpha value is -0.918. The van der Waals surface area contributed by atoms with E-state index in [0.717, 1.165) is 0 Å². The van der Waals surface area contributed by atoms with Crippen LogP contribution in [0.2, 0.25) is 0 Å². The van der Waals surface area contributed by atoms with Crippen LogP contribution in [0.25, 0.3) is 0 Å². The van der Waals surface area contributed by atoms with Gasteiger partial charge in [0.2, 0.25) is 0 Å². The van der Waals surface area contributed by atoms with Gasteiger partial charge in [-0.3, -0.25) is 0 Å². The molecule has 0 aromatic heterocycles. The maximum Gasteiger partial charge on any atom is 0.0802 e. The summed E-state index contributed by atoms with van der Waals surface area (Å²) in [4.78, 5) is 0. The quantitative estimate of drug-likeness (QED) is 0.381. The number of rotatable bonds is 0. The molecule has 11 heavy (non-hydrogen) atoms. The van der Waals surface area contributed by atoms with Crippen LogP contribution in [-0.4, -0.2) is 0 Å². The van der Waals surface area contributed by atoms with E-state index in [0.29, 0.717) is 22.7 Å². The molecule has 0 amide bonds. The van der Waals surface area contributed by atoms with Crippen LogP contribution in [0.4, 0.5) is 22.7 Å². The van der Waals surface area contributed by atoms with Crippen LogP contribution in [0.5, 0.6) is 0 Å². The molecule has 0 saturated heterocycles. The SMILES string of the molecule is Nc1ccc(N)c(N)c1N.[Pd]. The van der Waals surface area contributed by atoms with Crippen LogP contribution in [0.15, 0.2) is 12.1 Å². The number of anilines is 4. The van der Waals surface area contributed by atoms with Crippen LogP contribution in [0.1, 0.15) is 0 Å². The molecule has 0 aliphatic heterocycles. The van der Waals surface area contributed by atoms with Crippen molar-refractivity contribution < 1.29 is 20.4 Å². The molecular formula is C6H10N4Pd. The molecule has 0 fully saturated rings. The fraction of sp³-hybridized carbons (Fsp3) is 0. The molecule has 8 N–H and O–H groups in total. The maximum atomic E-state index is 5.45. The Labute approximate surface area is 78.6 Å². The van der Waals surface area contributed by atoms with Crippen molar-refractivity contribution in [2.75, 3.05) is 22.9 Å². The zero-order valence-electron chi connectivity index (χ0n) is 5.78. The monoisotopic (exact) mass is 244 g/mol. The number of hydrogen-bond donors (Lipinski definition) is 4. The van der Waals surface area contributed by atoms with E-state index >= 15 is 0 Å². The van der Waals surface area contributed by atoms with Gasteiger partial charge in [0.25, 0.3) is 0 Å². The zero-order chi connectivity index (χ0) is 7.72. The fourth-order valence-electron chi connectivity index (χ4n) is 0.670. The summed E-state index contributed by atoms with van der Waals surface area (Å²) < 4.78 is 0. The van der Waals surface area contributed by atoms with E-state index in [4.69, 9.17) is 22.9 Å². The van der Waals surface area contributed by atoms with Gasteiger partial charge in [-0.2, -0.15) is 0 Å². The van der Waals surface area contributed by atoms with E-state index in [1.165, 1.54) is 0 Å². The summed E-state index contributed by atoms with van der Waals surface area (Å²) in [5.74, 6) is 0. The molecule has 0 aliphatic rings. The molecule has 0 saturated carbocycles. The Balaban J connectivity index is 0.000001000. The molecule has 0 unspecified atom stereocenters. The Morgan fingerprint density at radius 3 is 1.27 bits per heavy atom. The number of nitrogens with two attached hydrogens (primary N) is 4. The first-order chi connectivity index (χ1) is 4.63. The summed E-state index contributed by atoms with van der Waals surface area (Å²) in [5.41, 5.74) is 23.4. The molecule has 0 atom stereocenters. The Morgan fingerprint density at radius 2 is 1.00 bits per heavy atom. The Kier molecular flexibility index (Phi) is 3.18. The third-order valence-electron chi connectivity index (χ3n) is 1.35. The smallest absolute Gasteiger partial charge is 0.0802 e. The molecule has 1 rings (SSSR count). The van der Waals surface area contributed by atoms with Gasteiger partial charge in [-0.15, -0.1) is 0 Å². The van der Waals surface area contributed by atoms with Gasteiger partial charge in [0.1, 0.15) is 0 Å². The van der Waals surface area contributed by atoms with E-state index in [1.807, 2.05) is 0 Å². The van der Waals surface area contributed by atoms with E-state index in [-0.39, 0.29) is 20.4 Å². The van der Waals surface area contributed by atoms with Gasteiger partial charge in [-0.25, -0.2) is 0 Å². The molecule has 1 aromatic carbocycles. The Bertz CT molecular complexity index is 234. The fourth-order valence-corrected chi connectivity index (χ4v) is 0.670. The molecule has 1 aromatic rings. The summed E-state index contributed by atoms with van der Waals surface area (Å²) in [6, 6.07) is 3.25. The third kappa shape index (κ3) is 1.76. The van der Waals surface area contributed by atoms with Crippen LogP contribution < -0.4 is 22.9 Å². The topological polar surface area (TPSA) is 104 Å². The third-order valence-corrected chi connectivity index (χ3v) is 1.35. The van der Waals surface area contributed by atoms with Gasteiger partial charge in [0.05, 0.1) is 22.7 Å². The summed E-state index contributed by atoms with van der Waals surface area (Å²) >= 11 is 0. The second-order valence-electron chi connectivity index (χ2n) is 2.07. The van der Waals surface area contributed by atoms with Gasteiger partial charge < -0.3 is 22.9 Å². The number of nitrogen functional groups attached to an aromatic ring is 4. The molecule has 64 valence electrons. The van der Waals surface area contributed by atoms with Gasteiger partial charge in [0.15, 0.2) is 0 Å². The largest absolute Gasteiger partial charge is 0.397 e. The van der Waals surface area contributed by atoms with Crippen molar-refractivity contribution in [1.82, 2.24) is 0 Å². The van der Waals surface area contributed by atoms with Crippen LogP contribution >= 0.6 is 0 Å². The molecular weight excluding hydrogens is 235 g/mol. The number of benzene rings is 1. The van der Waals surface area contributed by atoms with Gasteiger partial charge in [-0.05, 0) is 12.1 Å². The maximum absolute atomic E-state index is 5.45. The summed E-state index contributed by atoms with van der Waals surface area (Å²) in [6.45, 7) is 0. The predicted molar refractivity (Wildman–Crippen MR) is 44.1 cm³/mol. The summed E-state index contributed by atoms with van der Waals surface area (Å²) in [7, 11) is 0. The van der Waals surface area contributed by atoms with E-state index in [1.54, 1.807) is 12.1 Å². The van der Waals surface area contributed by atoms with Crippen molar-refractivity contribution in [3.05, 3.63) is 12.1 Å². The minimum atomic E-state index is 0. The normalized spacial score (nSPS) is 8.73. The van der Waals surface area contributed by atoms with E-state index in [2.05, 4.69) is 0 Å². The number of hydrogen-bond acceptors (Lipinski definition) is 4. The zero-order valence-corrected chi connectivity index (χ0v) is 7.33. The molecule has 0 spiro atoms. The first-order valence-corrected chi connectivity index (χ1v) is 2.82. The van der Waals surface area contributed by atoms with Gasteiger partial charge in [-0.1, -0.05) is 0 Å². The molecule has 0 bridgehead atoms. The molecule has 4 nitrogen and oxygen atoms in total. The van der Waals surface area contributed by atoms with Crippen molar-refractivity contribution >= 4 is 22.7 Å². The average Bonchev–Trinajstić information content (AvgIpc) is 1.93. The Morgan fingerprint density at radius 1 is 0.727 bits per heavy atom. The first-order valence-electron chi connectivity index (χ1n) is 2.82. The standard InChI is InChI=1S/C6H10N4.Pd/c7-3-1-2-4(8)6(10)5(3)9;/h1-2H,7-10H2;. The van der Waals surface area contributed by atoms with Crippen LogP contribution in [0, 0.1) is 0 Å². The molecule has 5 heteroatoms. The van der Waals surface area contributed by atoms with Crippen molar-refractivity contribution in [3.8, 4) is 0 Å². The van der Waals surface area contributed by atoms with Gasteiger partial charge in [0, 0.05) is 20.4 Å². The second kappa shape index (κ2) is 3.47. The van der Waals surface area contributed by atoms with E-state index in [9.17, 15) is 0 Å². The van der Waals surface area contributed by atoms with Crippen LogP contribution in [-0.2, 0) is 20.4 Å². The first kappa shape index (κ1) is 10.1. The van der Waals surface area contributed by atoms with Gasteiger partial charge >= 0.3 is 0 Å². The summed E-state index contributed by atoms with van der Waals surface area (Å²) in [6.07, 6.45) is 0. The van der Waals surface area contributed by atoms with Crippen molar-refractivity contribution in [2.45, 2.75) is 0 Å². The van der Waals surface area contributed by atoms with Crippen molar-refractivity contribution in [3.63, 3.8) is 0 Å². The summed E-state index contributed by atoms with van der Waals surface area (Å²) in [5, 5.41) is 0. The minimum absolute atomic E-state index is 0. The molecule has 0 radical (unpaired) electrons. The average molecular weight is 245 g/mol. The predicted octanol–water partition coefficient (Wildman–Crippen LogP) is 0.0129. The minimum Gasteiger partial charge on any atom is -0.397 e.